The summed E-state index contributed by atoms with van der Waals surface area (Å²) < 4.78 is 23.6. The average molecular weight is 663 g/mol. The Bertz CT molecular complexity index is 1600. The van der Waals surface area contributed by atoms with Crippen molar-refractivity contribution < 1.29 is 28.5 Å². The highest BCUT2D eigenvalue weighted by Gasteiger charge is 2.47. The lowest BCUT2D eigenvalue weighted by Gasteiger charge is -2.34. The number of fused-ring (bicyclic) bond motifs is 3. The van der Waals surface area contributed by atoms with Crippen LogP contribution in [0.3, 0.4) is 0 Å². The SMILES string of the molecule is CCCCCCOc1ccc(C2(c3ccc(OCCCCCC)c(C(=O)OCC)c3)c3ccccc3-c3ccccc32)cc1C(=O)OCC. The lowest BCUT2D eigenvalue weighted by atomic mass is 9.67. The van der Waals surface area contributed by atoms with E-state index >= 15 is 0 Å². The van der Waals surface area contributed by atoms with Crippen molar-refractivity contribution in [1.82, 2.24) is 0 Å². The molecule has 258 valence electrons. The molecule has 0 unspecified atom stereocenters. The van der Waals surface area contributed by atoms with Crippen LogP contribution >= 0.6 is 0 Å². The van der Waals surface area contributed by atoms with E-state index in [4.69, 9.17) is 18.9 Å². The largest absolute Gasteiger partial charge is 0.493 e. The van der Waals surface area contributed by atoms with E-state index in [2.05, 4.69) is 38.1 Å². The van der Waals surface area contributed by atoms with E-state index < -0.39 is 17.4 Å². The first-order chi connectivity index (χ1) is 24.0. The third-order valence-electron chi connectivity index (χ3n) is 9.28. The quantitative estimate of drug-likeness (QED) is 0.0687. The van der Waals surface area contributed by atoms with Gasteiger partial charge in [-0.3, -0.25) is 0 Å². The van der Waals surface area contributed by atoms with Crippen LogP contribution in [0.4, 0.5) is 0 Å². The Kier molecular flexibility index (Phi) is 12.5. The maximum Gasteiger partial charge on any atom is 0.341 e. The molecule has 4 aromatic carbocycles. The van der Waals surface area contributed by atoms with Crippen molar-refractivity contribution in [3.05, 3.63) is 118 Å². The Labute approximate surface area is 291 Å². The van der Waals surface area contributed by atoms with Crippen molar-refractivity contribution in [2.45, 2.75) is 84.5 Å². The molecule has 0 amide bonds. The van der Waals surface area contributed by atoms with Crippen molar-refractivity contribution in [3.8, 4) is 22.6 Å². The van der Waals surface area contributed by atoms with Crippen LogP contribution in [0.25, 0.3) is 11.1 Å². The molecule has 0 atom stereocenters. The molecule has 0 N–H and O–H groups in total. The number of hydrogen-bond acceptors (Lipinski definition) is 6. The second-order valence-corrected chi connectivity index (χ2v) is 12.5. The number of rotatable bonds is 18. The topological polar surface area (TPSA) is 71.1 Å². The molecule has 0 radical (unpaired) electrons. The van der Waals surface area contributed by atoms with Gasteiger partial charge >= 0.3 is 11.9 Å². The number of ether oxygens (including phenoxy) is 4. The highest BCUT2D eigenvalue weighted by atomic mass is 16.5. The van der Waals surface area contributed by atoms with Gasteiger partial charge in [0.05, 0.1) is 31.8 Å². The monoisotopic (exact) mass is 662 g/mol. The van der Waals surface area contributed by atoms with Gasteiger partial charge in [0.2, 0.25) is 0 Å². The van der Waals surface area contributed by atoms with Gasteiger partial charge in [0.1, 0.15) is 22.6 Å². The summed E-state index contributed by atoms with van der Waals surface area (Å²) >= 11 is 0. The number of benzene rings is 4. The maximum absolute atomic E-state index is 13.5. The zero-order valence-corrected chi connectivity index (χ0v) is 29.5. The van der Waals surface area contributed by atoms with Crippen molar-refractivity contribution in [1.29, 1.82) is 0 Å². The summed E-state index contributed by atoms with van der Waals surface area (Å²) in [5, 5.41) is 0. The zero-order chi connectivity index (χ0) is 34.6. The van der Waals surface area contributed by atoms with E-state index in [1.807, 2.05) is 74.5 Å². The summed E-state index contributed by atoms with van der Waals surface area (Å²) in [6.07, 6.45) is 8.52. The van der Waals surface area contributed by atoms with Crippen LogP contribution in [0.5, 0.6) is 11.5 Å². The Balaban J connectivity index is 1.71. The minimum absolute atomic E-state index is 0.249. The lowest BCUT2D eigenvalue weighted by molar-refractivity contribution is 0.0511. The second-order valence-electron chi connectivity index (χ2n) is 12.5. The highest BCUT2D eigenvalue weighted by Crippen LogP contribution is 2.56. The Morgan fingerprint density at radius 1 is 0.531 bits per heavy atom. The summed E-state index contributed by atoms with van der Waals surface area (Å²) in [4.78, 5) is 27.1. The summed E-state index contributed by atoms with van der Waals surface area (Å²) in [6.45, 7) is 9.51. The molecule has 6 nitrogen and oxygen atoms in total. The molecule has 0 aliphatic heterocycles. The molecule has 0 fully saturated rings. The normalized spacial score (nSPS) is 12.6. The maximum atomic E-state index is 13.5. The third kappa shape index (κ3) is 7.54. The zero-order valence-electron chi connectivity index (χ0n) is 29.5. The molecule has 49 heavy (non-hydrogen) atoms. The van der Waals surface area contributed by atoms with E-state index in [9.17, 15) is 9.59 Å². The molecule has 1 aliphatic carbocycles. The lowest BCUT2D eigenvalue weighted by Crippen LogP contribution is -2.29. The smallest absolute Gasteiger partial charge is 0.341 e. The Hall–Kier alpha value is -4.58. The molecule has 0 bridgehead atoms. The van der Waals surface area contributed by atoms with Gasteiger partial charge < -0.3 is 18.9 Å². The minimum Gasteiger partial charge on any atom is -0.493 e. The van der Waals surface area contributed by atoms with E-state index in [0.717, 1.165) is 84.7 Å². The Morgan fingerprint density at radius 3 is 1.37 bits per heavy atom. The van der Waals surface area contributed by atoms with E-state index in [-0.39, 0.29) is 13.2 Å². The molecule has 6 heteroatoms. The van der Waals surface area contributed by atoms with Gasteiger partial charge in [-0.05, 0) is 84.3 Å². The number of unbranched alkanes of at least 4 members (excludes halogenated alkanes) is 6. The van der Waals surface area contributed by atoms with Crippen molar-refractivity contribution in [2.24, 2.45) is 0 Å². The summed E-state index contributed by atoms with van der Waals surface area (Å²) in [5.74, 6) is 0.156. The van der Waals surface area contributed by atoms with E-state index in [1.165, 1.54) is 0 Å². The van der Waals surface area contributed by atoms with Gasteiger partial charge in [-0.15, -0.1) is 0 Å². The fourth-order valence-corrected chi connectivity index (χ4v) is 6.96. The molecule has 0 saturated heterocycles. The van der Waals surface area contributed by atoms with Crippen molar-refractivity contribution in [3.63, 3.8) is 0 Å². The molecular formula is C43H50O6. The van der Waals surface area contributed by atoms with E-state index in [1.54, 1.807) is 0 Å². The summed E-state index contributed by atoms with van der Waals surface area (Å²) in [6, 6.07) is 28.4. The molecule has 1 aliphatic rings. The van der Waals surface area contributed by atoms with Crippen LogP contribution in [0, 0.1) is 0 Å². The molecule has 0 aromatic heterocycles. The molecule has 0 spiro atoms. The predicted molar refractivity (Wildman–Crippen MR) is 195 cm³/mol. The molecule has 0 saturated carbocycles. The van der Waals surface area contributed by atoms with Crippen LogP contribution in [-0.4, -0.2) is 38.4 Å². The van der Waals surface area contributed by atoms with Gasteiger partial charge in [0.15, 0.2) is 0 Å². The predicted octanol–water partition coefficient (Wildman–Crippen LogP) is 10.3. The van der Waals surface area contributed by atoms with Crippen LogP contribution in [0.15, 0.2) is 84.9 Å². The van der Waals surface area contributed by atoms with Gasteiger partial charge in [0, 0.05) is 0 Å². The molecule has 0 heterocycles. The summed E-state index contributed by atoms with van der Waals surface area (Å²) in [7, 11) is 0. The average Bonchev–Trinajstić information content (AvgIpc) is 3.43. The van der Waals surface area contributed by atoms with Crippen LogP contribution in [0.1, 0.15) is 122 Å². The van der Waals surface area contributed by atoms with Gasteiger partial charge in [-0.1, -0.05) is 113 Å². The van der Waals surface area contributed by atoms with Crippen LogP contribution in [-0.2, 0) is 14.9 Å². The van der Waals surface area contributed by atoms with Gasteiger partial charge in [0.25, 0.3) is 0 Å². The first-order valence-electron chi connectivity index (χ1n) is 18.1. The highest BCUT2D eigenvalue weighted by molar-refractivity contribution is 5.95. The van der Waals surface area contributed by atoms with Gasteiger partial charge in [-0.2, -0.15) is 0 Å². The van der Waals surface area contributed by atoms with Crippen molar-refractivity contribution in [2.75, 3.05) is 26.4 Å². The third-order valence-corrected chi connectivity index (χ3v) is 9.28. The minimum atomic E-state index is -0.866. The Morgan fingerprint density at radius 2 is 0.959 bits per heavy atom. The fourth-order valence-electron chi connectivity index (χ4n) is 6.96. The summed E-state index contributed by atoms with van der Waals surface area (Å²) in [5.41, 5.74) is 5.95. The standard InChI is InChI=1S/C43H50O6/c1-5-9-11-17-27-48-39-25-23-31(29-35(39)41(44)46-7-3)43(37-21-15-13-19-33(37)34-20-14-16-22-38(34)43)32-24-26-40(49-28-18-12-10-6-2)36(30-32)42(45)47-8-4/h13-16,19-26,29-30H,5-12,17-18,27-28H2,1-4H3. The second kappa shape index (κ2) is 17.2. The van der Waals surface area contributed by atoms with Crippen LogP contribution in [0.2, 0.25) is 0 Å². The first-order valence-corrected chi connectivity index (χ1v) is 18.1. The van der Waals surface area contributed by atoms with E-state index in [0.29, 0.717) is 35.8 Å². The van der Waals surface area contributed by atoms with Gasteiger partial charge in [-0.25, -0.2) is 9.59 Å². The first kappa shape index (κ1) is 35.7. The van der Waals surface area contributed by atoms with Crippen molar-refractivity contribution >= 4 is 11.9 Å². The number of esters is 2. The van der Waals surface area contributed by atoms with Crippen LogP contribution < -0.4 is 9.47 Å². The molecule has 5 rings (SSSR count). The number of carbonyl (C=O) groups is 2. The fraction of sp³-hybridized carbons (Fsp3) is 0.395. The number of hydrogen-bond donors (Lipinski definition) is 0. The number of carbonyl (C=O) groups excluding carboxylic acids is 2. The molecular weight excluding hydrogens is 612 g/mol. The molecule has 4 aromatic rings.